The van der Waals surface area contributed by atoms with Crippen LogP contribution < -0.4 is 4.74 Å². The zero-order chi connectivity index (χ0) is 20.9. The van der Waals surface area contributed by atoms with Crippen LogP contribution in [0.2, 0.25) is 0 Å². The number of benzene rings is 2. The molecule has 30 heavy (non-hydrogen) atoms. The zero-order valence-corrected chi connectivity index (χ0v) is 18.5. The Bertz CT molecular complexity index is 1140. The van der Waals surface area contributed by atoms with Crippen LogP contribution in [0.4, 0.5) is 0 Å². The summed E-state index contributed by atoms with van der Waals surface area (Å²) in [5.41, 5.74) is 1.55. The van der Waals surface area contributed by atoms with E-state index in [1.165, 1.54) is 11.8 Å². The lowest BCUT2D eigenvalue weighted by Crippen LogP contribution is -2.07. The summed E-state index contributed by atoms with van der Waals surface area (Å²) < 4.78 is 13.5. The van der Waals surface area contributed by atoms with E-state index < -0.39 is 0 Å². The molecule has 0 atom stereocenters. The second kappa shape index (κ2) is 9.32. The molecule has 0 spiro atoms. The average molecular weight is 484 g/mol. The maximum absolute atomic E-state index is 12.7. The number of ketones is 1. The third-order valence-corrected chi connectivity index (χ3v) is 6.12. The van der Waals surface area contributed by atoms with Crippen LogP contribution in [0.3, 0.4) is 0 Å². The number of aromatic nitrogens is 3. The molecule has 0 aliphatic rings. The number of hydrogen-bond acceptors (Lipinski definition) is 6. The van der Waals surface area contributed by atoms with Gasteiger partial charge in [0.1, 0.15) is 11.5 Å². The largest absolute Gasteiger partial charge is 0.497 e. The first kappa shape index (κ1) is 20.4. The molecule has 152 valence electrons. The van der Waals surface area contributed by atoms with Gasteiger partial charge >= 0.3 is 0 Å². The second-order valence-electron chi connectivity index (χ2n) is 6.39. The van der Waals surface area contributed by atoms with E-state index in [0.717, 1.165) is 21.5 Å². The van der Waals surface area contributed by atoms with Gasteiger partial charge in [0, 0.05) is 15.6 Å². The quantitative estimate of drug-likeness (QED) is 0.249. The van der Waals surface area contributed by atoms with Crippen LogP contribution >= 0.6 is 27.7 Å². The fourth-order valence-corrected chi connectivity index (χ4v) is 4.27. The molecule has 4 aromatic rings. The fourth-order valence-electron chi connectivity index (χ4n) is 2.95. The number of methoxy groups -OCH3 is 1. The lowest BCUT2D eigenvalue weighted by atomic mass is 10.1. The summed E-state index contributed by atoms with van der Waals surface area (Å²) in [5, 5.41) is 9.37. The third-order valence-electron chi connectivity index (χ3n) is 4.47. The van der Waals surface area contributed by atoms with Gasteiger partial charge < -0.3 is 9.15 Å². The van der Waals surface area contributed by atoms with E-state index in [4.69, 9.17) is 9.15 Å². The maximum Gasteiger partial charge on any atom is 0.192 e. The first-order valence-electron chi connectivity index (χ1n) is 9.16. The van der Waals surface area contributed by atoms with Crippen molar-refractivity contribution < 1.29 is 13.9 Å². The van der Waals surface area contributed by atoms with Crippen LogP contribution in [-0.4, -0.2) is 33.4 Å². The second-order valence-corrected chi connectivity index (χ2v) is 8.19. The van der Waals surface area contributed by atoms with Crippen molar-refractivity contribution in [2.24, 2.45) is 0 Å². The van der Waals surface area contributed by atoms with Crippen LogP contribution in [0.1, 0.15) is 16.1 Å². The summed E-state index contributed by atoms with van der Waals surface area (Å²) in [4.78, 5) is 12.7. The van der Waals surface area contributed by atoms with Gasteiger partial charge in [-0.25, -0.2) is 0 Å². The average Bonchev–Trinajstić information content (AvgIpc) is 3.43. The normalized spacial score (nSPS) is 10.9. The molecule has 8 heteroatoms. The number of thioether (sulfide) groups is 1. The smallest absolute Gasteiger partial charge is 0.192 e. The van der Waals surface area contributed by atoms with Gasteiger partial charge in [-0.2, -0.15) is 0 Å². The minimum Gasteiger partial charge on any atom is -0.497 e. The van der Waals surface area contributed by atoms with Gasteiger partial charge in [-0.1, -0.05) is 45.9 Å². The van der Waals surface area contributed by atoms with Crippen molar-refractivity contribution in [3.05, 3.63) is 82.7 Å². The van der Waals surface area contributed by atoms with Crippen molar-refractivity contribution in [2.75, 3.05) is 12.9 Å². The van der Waals surface area contributed by atoms with Crippen molar-refractivity contribution in [2.45, 2.75) is 11.7 Å². The number of rotatable bonds is 8. The van der Waals surface area contributed by atoms with E-state index in [9.17, 15) is 4.79 Å². The van der Waals surface area contributed by atoms with Crippen molar-refractivity contribution in [3.8, 4) is 17.1 Å². The SMILES string of the molecule is COc1ccc(-c2nnc(SCC(=O)c3ccccc3Br)n2Cc2ccco2)cc1. The Kier molecular flexibility index (Phi) is 6.35. The monoisotopic (exact) mass is 483 g/mol. The molecule has 0 unspecified atom stereocenters. The number of carbonyl (C=O) groups is 1. The molecule has 2 heterocycles. The lowest BCUT2D eigenvalue weighted by Gasteiger charge is -2.09. The van der Waals surface area contributed by atoms with E-state index in [1.54, 1.807) is 13.4 Å². The predicted octanol–water partition coefficient (Wildman–Crippen LogP) is 5.33. The van der Waals surface area contributed by atoms with E-state index in [2.05, 4.69) is 26.1 Å². The molecule has 0 saturated heterocycles. The molecule has 0 radical (unpaired) electrons. The molecule has 0 saturated carbocycles. The topological polar surface area (TPSA) is 70.2 Å². The molecular formula is C22H18BrN3O3S. The van der Waals surface area contributed by atoms with Crippen molar-refractivity contribution in [1.29, 1.82) is 0 Å². The van der Waals surface area contributed by atoms with Crippen LogP contribution in [0.15, 0.2) is 81.0 Å². The molecule has 0 aliphatic carbocycles. The fraction of sp³-hybridized carbons (Fsp3) is 0.136. The maximum atomic E-state index is 12.7. The summed E-state index contributed by atoms with van der Waals surface area (Å²) in [6.45, 7) is 0.465. The molecule has 0 amide bonds. The Morgan fingerprint density at radius 3 is 2.60 bits per heavy atom. The van der Waals surface area contributed by atoms with Gasteiger partial charge in [0.05, 0.1) is 25.7 Å². The van der Waals surface area contributed by atoms with Gasteiger partial charge in [-0.05, 0) is 42.5 Å². The number of Topliss-reactive ketones (excluding diaryl/α,β-unsaturated/α-hetero) is 1. The van der Waals surface area contributed by atoms with Gasteiger partial charge in [-0.15, -0.1) is 10.2 Å². The number of halogens is 1. The van der Waals surface area contributed by atoms with Gasteiger partial charge in [-0.3, -0.25) is 9.36 Å². The van der Waals surface area contributed by atoms with E-state index in [0.29, 0.717) is 23.1 Å². The molecule has 4 rings (SSSR count). The standard InChI is InChI=1S/C22H18BrN3O3S/c1-28-16-10-8-15(9-11-16)21-24-25-22(26(21)13-17-5-4-12-29-17)30-14-20(27)18-6-2-3-7-19(18)23/h2-12H,13-14H2,1H3. The number of hydrogen-bond donors (Lipinski definition) is 0. The number of carbonyl (C=O) groups excluding carboxylic acids is 1. The van der Waals surface area contributed by atoms with E-state index in [1.807, 2.05) is 65.2 Å². The van der Waals surface area contributed by atoms with E-state index >= 15 is 0 Å². The lowest BCUT2D eigenvalue weighted by molar-refractivity contribution is 0.102. The Morgan fingerprint density at radius 2 is 1.90 bits per heavy atom. The summed E-state index contributed by atoms with van der Waals surface area (Å²) in [7, 11) is 1.63. The highest BCUT2D eigenvalue weighted by atomic mass is 79.9. The molecule has 0 fully saturated rings. The van der Waals surface area contributed by atoms with Crippen molar-refractivity contribution in [1.82, 2.24) is 14.8 Å². The summed E-state index contributed by atoms with van der Waals surface area (Å²) in [6, 6.07) is 18.8. The highest BCUT2D eigenvalue weighted by Gasteiger charge is 2.18. The van der Waals surface area contributed by atoms with Crippen molar-refractivity contribution in [3.63, 3.8) is 0 Å². The highest BCUT2D eigenvalue weighted by molar-refractivity contribution is 9.10. The molecular weight excluding hydrogens is 466 g/mol. The molecule has 2 aromatic heterocycles. The van der Waals surface area contributed by atoms with Crippen LogP contribution in [0.5, 0.6) is 5.75 Å². The Hall–Kier alpha value is -2.84. The van der Waals surface area contributed by atoms with Crippen LogP contribution in [0.25, 0.3) is 11.4 Å². The number of furan rings is 1. The Labute approximate surface area is 186 Å². The van der Waals surface area contributed by atoms with Gasteiger partial charge in [0.2, 0.25) is 0 Å². The summed E-state index contributed by atoms with van der Waals surface area (Å²) in [6.07, 6.45) is 1.63. The van der Waals surface area contributed by atoms with Gasteiger partial charge in [0.25, 0.3) is 0 Å². The molecule has 0 bridgehead atoms. The van der Waals surface area contributed by atoms with E-state index in [-0.39, 0.29) is 11.5 Å². The molecule has 6 nitrogen and oxygen atoms in total. The minimum atomic E-state index is 0.0195. The third kappa shape index (κ3) is 4.49. The zero-order valence-electron chi connectivity index (χ0n) is 16.1. The Morgan fingerprint density at radius 1 is 1.10 bits per heavy atom. The van der Waals surface area contributed by atoms with Crippen LogP contribution in [-0.2, 0) is 6.54 Å². The first-order chi connectivity index (χ1) is 14.7. The predicted molar refractivity (Wildman–Crippen MR) is 119 cm³/mol. The van der Waals surface area contributed by atoms with Gasteiger partial charge in [0.15, 0.2) is 16.8 Å². The number of nitrogens with zero attached hydrogens (tertiary/aromatic N) is 3. The first-order valence-corrected chi connectivity index (χ1v) is 10.9. The Balaban J connectivity index is 1.61. The molecule has 2 aromatic carbocycles. The number of ether oxygens (including phenoxy) is 1. The van der Waals surface area contributed by atoms with Crippen molar-refractivity contribution >= 4 is 33.5 Å². The summed E-state index contributed by atoms with van der Waals surface area (Å²) in [5.74, 6) is 2.52. The molecule has 0 aliphatic heterocycles. The minimum absolute atomic E-state index is 0.0195. The summed E-state index contributed by atoms with van der Waals surface area (Å²) >= 11 is 4.79. The van der Waals surface area contributed by atoms with Crippen LogP contribution in [0, 0.1) is 0 Å². The highest BCUT2D eigenvalue weighted by Crippen LogP contribution is 2.28. The molecule has 0 N–H and O–H groups in total.